The molecule has 0 radical (unpaired) electrons. The van der Waals surface area contributed by atoms with Crippen molar-refractivity contribution in [2.45, 2.75) is 33.1 Å². The van der Waals surface area contributed by atoms with Gasteiger partial charge in [0.25, 0.3) is 0 Å². The number of carbonyl (C=O) groups is 1. The standard InChI is InChI=1S/C9H12O/c1-7(2)8-3-6(10)4-9(7,8)5-8/h3-5H2,1-2H3. The van der Waals surface area contributed by atoms with Gasteiger partial charge in [-0.3, -0.25) is 4.79 Å². The first-order chi connectivity index (χ1) is 4.56. The van der Waals surface area contributed by atoms with Gasteiger partial charge in [0, 0.05) is 12.8 Å². The van der Waals surface area contributed by atoms with Gasteiger partial charge in [-0.15, -0.1) is 0 Å². The van der Waals surface area contributed by atoms with Crippen LogP contribution < -0.4 is 0 Å². The van der Waals surface area contributed by atoms with Crippen molar-refractivity contribution < 1.29 is 4.79 Å². The van der Waals surface area contributed by atoms with Gasteiger partial charge < -0.3 is 0 Å². The molecule has 54 valence electrons. The third-order valence-corrected chi connectivity index (χ3v) is 4.72. The molecule has 0 aromatic rings. The Morgan fingerprint density at radius 2 is 1.70 bits per heavy atom. The average Bonchev–Trinajstić information content (AvgIpc) is 2.46. The summed E-state index contributed by atoms with van der Waals surface area (Å²) in [4.78, 5) is 11.0. The zero-order valence-corrected chi connectivity index (χ0v) is 6.53. The number of ketones is 1. The van der Waals surface area contributed by atoms with Crippen LogP contribution in [0.25, 0.3) is 0 Å². The molecule has 3 aliphatic carbocycles. The molecule has 0 heterocycles. The van der Waals surface area contributed by atoms with E-state index in [1.54, 1.807) is 0 Å². The summed E-state index contributed by atoms with van der Waals surface area (Å²) in [5, 5.41) is 0. The maximum Gasteiger partial charge on any atom is 0.134 e. The Morgan fingerprint density at radius 3 is 2.00 bits per heavy atom. The number of Topliss-reactive ketones (excluding diaryl/α,β-unsaturated/α-hetero) is 1. The Hall–Kier alpha value is -0.330. The smallest absolute Gasteiger partial charge is 0.134 e. The second-order valence-electron chi connectivity index (χ2n) is 4.86. The largest absolute Gasteiger partial charge is 0.300 e. The summed E-state index contributed by atoms with van der Waals surface area (Å²) in [5.41, 5.74) is 1.59. The summed E-state index contributed by atoms with van der Waals surface area (Å²) < 4.78 is 0. The van der Waals surface area contributed by atoms with E-state index in [0.717, 1.165) is 12.8 Å². The van der Waals surface area contributed by atoms with Gasteiger partial charge in [-0.1, -0.05) is 13.8 Å². The van der Waals surface area contributed by atoms with E-state index in [-0.39, 0.29) is 0 Å². The summed E-state index contributed by atoms with van der Waals surface area (Å²) in [6.45, 7) is 4.64. The van der Waals surface area contributed by atoms with Gasteiger partial charge in [-0.05, 0) is 22.7 Å². The Kier molecular flexibility index (Phi) is 0.486. The first-order valence-electron chi connectivity index (χ1n) is 4.08. The van der Waals surface area contributed by atoms with E-state index in [0.29, 0.717) is 22.0 Å². The molecule has 0 amide bonds. The van der Waals surface area contributed by atoms with Gasteiger partial charge in [0.2, 0.25) is 0 Å². The van der Waals surface area contributed by atoms with E-state index in [4.69, 9.17) is 0 Å². The van der Waals surface area contributed by atoms with Gasteiger partial charge in [0.15, 0.2) is 0 Å². The van der Waals surface area contributed by atoms with Crippen molar-refractivity contribution >= 4 is 5.78 Å². The second kappa shape index (κ2) is 0.910. The summed E-state index contributed by atoms with van der Waals surface area (Å²) in [6, 6.07) is 0. The van der Waals surface area contributed by atoms with Gasteiger partial charge in [0.1, 0.15) is 5.78 Å². The fraction of sp³-hybridized carbons (Fsp3) is 0.889. The molecule has 2 unspecified atom stereocenters. The minimum atomic E-state index is 0.519. The van der Waals surface area contributed by atoms with Crippen molar-refractivity contribution in [2.24, 2.45) is 16.2 Å². The van der Waals surface area contributed by atoms with Gasteiger partial charge >= 0.3 is 0 Å². The third-order valence-electron chi connectivity index (χ3n) is 4.72. The lowest BCUT2D eigenvalue weighted by molar-refractivity contribution is -0.120. The lowest BCUT2D eigenvalue weighted by Crippen LogP contribution is -2.20. The molecule has 10 heavy (non-hydrogen) atoms. The summed E-state index contributed by atoms with van der Waals surface area (Å²) >= 11 is 0. The molecule has 0 aromatic carbocycles. The van der Waals surface area contributed by atoms with Crippen molar-refractivity contribution in [3.8, 4) is 0 Å². The Bertz CT molecular complexity index is 231. The van der Waals surface area contributed by atoms with Crippen LogP contribution in [0.4, 0.5) is 0 Å². The van der Waals surface area contributed by atoms with Crippen LogP contribution in [0.15, 0.2) is 0 Å². The van der Waals surface area contributed by atoms with Crippen molar-refractivity contribution in [2.75, 3.05) is 0 Å². The molecule has 3 aliphatic rings. The summed E-state index contributed by atoms with van der Waals surface area (Å²) in [5.74, 6) is 0.519. The highest BCUT2D eigenvalue weighted by Gasteiger charge is 2.97. The van der Waals surface area contributed by atoms with Crippen molar-refractivity contribution in [3.05, 3.63) is 0 Å². The number of hydrogen-bond donors (Lipinski definition) is 0. The van der Waals surface area contributed by atoms with Gasteiger partial charge in [0.05, 0.1) is 0 Å². The first kappa shape index (κ1) is 5.34. The fourth-order valence-electron chi connectivity index (χ4n) is 3.71. The highest BCUT2D eigenvalue weighted by Crippen LogP contribution is 3.01. The van der Waals surface area contributed by atoms with Crippen LogP contribution >= 0.6 is 0 Å². The maximum atomic E-state index is 11.0. The average molecular weight is 136 g/mol. The van der Waals surface area contributed by atoms with Crippen LogP contribution in [0.5, 0.6) is 0 Å². The monoisotopic (exact) mass is 136 g/mol. The van der Waals surface area contributed by atoms with Crippen LogP contribution in [0, 0.1) is 16.2 Å². The molecule has 2 atom stereocenters. The topological polar surface area (TPSA) is 17.1 Å². The van der Waals surface area contributed by atoms with E-state index in [9.17, 15) is 4.79 Å². The lowest BCUT2D eigenvalue weighted by Gasteiger charge is -2.23. The minimum Gasteiger partial charge on any atom is -0.300 e. The molecule has 0 N–H and O–H groups in total. The zero-order chi connectivity index (χ0) is 7.20. The van der Waals surface area contributed by atoms with E-state index in [2.05, 4.69) is 13.8 Å². The predicted molar refractivity (Wildman–Crippen MR) is 37.5 cm³/mol. The Morgan fingerprint density at radius 1 is 1.20 bits per heavy atom. The van der Waals surface area contributed by atoms with E-state index >= 15 is 0 Å². The minimum absolute atomic E-state index is 0.519. The Balaban J connectivity index is 2.07. The van der Waals surface area contributed by atoms with Gasteiger partial charge in [-0.2, -0.15) is 0 Å². The van der Waals surface area contributed by atoms with Crippen molar-refractivity contribution in [1.29, 1.82) is 0 Å². The van der Waals surface area contributed by atoms with Gasteiger partial charge in [-0.25, -0.2) is 0 Å². The SMILES string of the molecule is CC1(C)C23CC(=O)CC12C3. The van der Waals surface area contributed by atoms with E-state index < -0.39 is 0 Å². The number of hydrogen-bond acceptors (Lipinski definition) is 1. The molecule has 3 saturated carbocycles. The van der Waals surface area contributed by atoms with Crippen LogP contribution in [0.3, 0.4) is 0 Å². The van der Waals surface area contributed by atoms with Crippen LogP contribution in [-0.2, 0) is 4.79 Å². The fourth-order valence-corrected chi connectivity index (χ4v) is 3.71. The molecular formula is C9H12O. The Labute approximate surface area is 60.8 Å². The maximum absolute atomic E-state index is 11.0. The molecule has 0 spiro atoms. The highest BCUT2D eigenvalue weighted by molar-refractivity contribution is 5.89. The number of carbonyl (C=O) groups excluding carboxylic acids is 1. The predicted octanol–water partition coefficient (Wildman–Crippen LogP) is 1.77. The molecule has 0 aromatic heterocycles. The number of rotatable bonds is 0. The highest BCUT2D eigenvalue weighted by atomic mass is 16.1. The van der Waals surface area contributed by atoms with E-state index in [1.165, 1.54) is 6.42 Å². The van der Waals surface area contributed by atoms with Crippen LogP contribution in [-0.4, -0.2) is 5.78 Å². The second-order valence-corrected chi connectivity index (χ2v) is 4.86. The molecule has 1 nitrogen and oxygen atoms in total. The quantitative estimate of drug-likeness (QED) is 0.496. The molecule has 1 heteroatoms. The molecule has 0 aliphatic heterocycles. The molecule has 0 saturated heterocycles. The third kappa shape index (κ3) is 0.228. The normalized spacial score (nSPS) is 59.6. The van der Waals surface area contributed by atoms with Crippen LogP contribution in [0.2, 0.25) is 0 Å². The molecule has 3 fully saturated rings. The first-order valence-corrected chi connectivity index (χ1v) is 4.08. The van der Waals surface area contributed by atoms with E-state index in [1.807, 2.05) is 0 Å². The van der Waals surface area contributed by atoms with Crippen LogP contribution in [0.1, 0.15) is 33.1 Å². The molecular weight excluding hydrogens is 124 g/mol. The van der Waals surface area contributed by atoms with Crippen molar-refractivity contribution in [1.82, 2.24) is 0 Å². The van der Waals surface area contributed by atoms with Crippen molar-refractivity contribution in [3.63, 3.8) is 0 Å². The molecule has 0 bridgehead atoms. The zero-order valence-electron chi connectivity index (χ0n) is 6.53. The summed E-state index contributed by atoms with van der Waals surface area (Å²) in [6.07, 6.45) is 3.17. The lowest BCUT2D eigenvalue weighted by atomic mass is 9.80. The summed E-state index contributed by atoms with van der Waals surface area (Å²) in [7, 11) is 0. The molecule has 3 rings (SSSR count).